The number of ether oxygens (including phenoxy) is 1. The molecule has 1 atom stereocenters. The van der Waals surface area contributed by atoms with Crippen LogP contribution in [-0.4, -0.2) is 46.3 Å². The third-order valence-electron chi connectivity index (χ3n) is 4.34. The zero-order valence-electron chi connectivity index (χ0n) is 13.2. The SMILES string of the molecule is CCc1nc2ccccc2n1CC1CN(C(C)C)CCO1. The molecule has 3 rings (SSSR count). The zero-order valence-corrected chi connectivity index (χ0v) is 13.2. The van der Waals surface area contributed by atoms with Gasteiger partial charge in [0.1, 0.15) is 5.82 Å². The highest BCUT2D eigenvalue weighted by Gasteiger charge is 2.23. The standard InChI is InChI=1S/C17H25N3O/c1-4-17-18-15-7-5-6-8-16(15)20(17)12-14-11-19(13(2)3)9-10-21-14/h5-8,13-14H,4,9-12H2,1-3H3. The Bertz CT molecular complexity index is 605. The van der Waals surface area contributed by atoms with E-state index in [9.17, 15) is 0 Å². The second-order valence-electron chi connectivity index (χ2n) is 6.06. The van der Waals surface area contributed by atoms with Crippen LogP contribution in [0.4, 0.5) is 0 Å². The second-order valence-corrected chi connectivity index (χ2v) is 6.06. The molecule has 1 aliphatic heterocycles. The van der Waals surface area contributed by atoms with Crippen molar-refractivity contribution in [1.82, 2.24) is 14.5 Å². The Morgan fingerprint density at radius 1 is 1.33 bits per heavy atom. The summed E-state index contributed by atoms with van der Waals surface area (Å²) < 4.78 is 8.33. The minimum absolute atomic E-state index is 0.254. The molecular formula is C17H25N3O. The Hall–Kier alpha value is -1.39. The summed E-state index contributed by atoms with van der Waals surface area (Å²) in [6, 6.07) is 8.97. The van der Waals surface area contributed by atoms with Crippen LogP contribution in [0.25, 0.3) is 11.0 Å². The van der Waals surface area contributed by atoms with Gasteiger partial charge in [0.25, 0.3) is 0 Å². The number of aromatic nitrogens is 2. The molecule has 2 aromatic rings. The number of benzene rings is 1. The van der Waals surface area contributed by atoms with Gasteiger partial charge in [-0.05, 0) is 26.0 Å². The third kappa shape index (κ3) is 2.97. The summed E-state index contributed by atoms with van der Waals surface area (Å²) in [6.45, 7) is 10.5. The average Bonchev–Trinajstić information content (AvgIpc) is 2.86. The van der Waals surface area contributed by atoms with E-state index >= 15 is 0 Å². The Morgan fingerprint density at radius 2 is 2.14 bits per heavy atom. The van der Waals surface area contributed by atoms with Gasteiger partial charge in [0.2, 0.25) is 0 Å². The molecule has 1 unspecified atom stereocenters. The molecule has 0 radical (unpaired) electrons. The van der Waals surface area contributed by atoms with Crippen LogP contribution >= 0.6 is 0 Å². The van der Waals surface area contributed by atoms with Gasteiger partial charge in [0.15, 0.2) is 0 Å². The number of morpholine rings is 1. The van der Waals surface area contributed by atoms with Gasteiger partial charge in [-0.25, -0.2) is 4.98 Å². The highest BCUT2D eigenvalue weighted by Crippen LogP contribution is 2.19. The van der Waals surface area contributed by atoms with Gasteiger partial charge >= 0.3 is 0 Å². The summed E-state index contributed by atoms with van der Waals surface area (Å²) in [4.78, 5) is 7.24. The maximum atomic E-state index is 5.99. The highest BCUT2D eigenvalue weighted by molar-refractivity contribution is 5.75. The summed E-state index contributed by atoms with van der Waals surface area (Å²) >= 11 is 0. The molecule has 4 heteroatoms. The normalized spacial score (nSPS) is 20.5. The van der Waals surface area contributed by atoms with E-state index in [1.54, 1.807) is 0 Å². The quantitative estimate of drug-likeness (QED) is 0.866. The molecule has 2 heterocycles. The number of nitrogens with zero attached hydrogens (tertiary/aromatic N) is 3. The fourth-order valence-electron chi connectivity index (χ4n) is 3.12. The van der Waals surface area contributed by atoms with Crippen LogP contribution in [0.1, 0.15) is 26.6 Å². The van der Waals surface area contributed by atoms with Crippen molar-refractivity contribution in [3.05, 3.63) is 30.1 Å². The predicted molar refractivity (Wildman–Crippen MR) is 85.6 cm³/mol. The van der Waals surface area contributed by atoms with Crippen LogP contribution < -0.4 is 0 Å². The summed E-state index contributed by atoms with van der Waals surface area (Å²) in [6.07, 6.45) is 1.21. The summed E-state index contributed by atoms with van der Waals surface area (Å²) in [7, 11) is 0. The molecule has 21 heavy (non-hydrogen) atoms. The number of imidazole rings is 1. The van der Waals surface area contributed by atoms with E-state index < -0.39 is 0 Å². The van der Waals surface area contributed by atoms with Gasteiger partial charge in [-0.15, -0.1) is 0 Å². The first kappa shape index (κ1) is 14.5. The molecule has 0 saturated carbocycles. The van der Waals surface area contributed by atoms with Gasteiger partial charge in [0.05, 0.1) is 30.3 Å². The second kappa shape index (κ2) is 6.16. The van der Waals surface area contributed by atoms with E-state index in [-0.39, 0.29) is 6.10 Å². The van der Waals surface area contributed by atoms with E-state index in [2.05, 4.69) is 54.5 Å². The summed E-state index contributed by atoms with van der Waals surface area (Å²) in [5, 5.41) is 0. The molecule has 0 bridgehead atoms. The van der Waals surface area contributed by atoms with Crippen molar-refractivity contribution in [1.29, 1.82) is 0 Å². The number of para-hydroxylation sites is 2. The monoisotopic (exact) mass is 287 g/mol. The Kier molecular flexibility index (Phi) is 4.27. The van der Waals surface area contributed by atoms with Gasteiger partial charge in [-0.3, -0.25) is 4.90 Å². The molecule has 1 aliphatic rings. The van der Waals surface area contributed by atoms with Crippen molar-refractivity contribution < 1.29 is 4.74 Å². The molecule has 1 aromatic carbocycles. The van der Waals surface area contributed by atoms with Crippen LogP contribution in [0.2, 0.25) is 0 Å². The molecule has 0 spiro atoms. The highest BCUT2D eigenvalue weighted by atomic mass is 16.5. The molecule has 1 fully saturated rings. The van der Waals surface area contributed by atoms with E-state index in [0.29, 0.717) is 6.04 Å². The topological polar surface area (TPSA) is 30.3 Å². The van der Waals surface area contributed by atoms with Crippen LogP contribution in [0.15, 0.2) is 24.3 Å². The van der Waals surface area contributed by atoms with E-state index in [4.69, 9.17) is 9.72 Å². The average molecular weight is 287 g/mol. The van der Waals surface area contributed by atoms with Crippen molar-refractivity contribution in [3.8, 4) is 0 Å². The van der Waals surface area contributed by atoms with Crippen LogP contribution in [0.3, 0.4) is 0 Å². The number of rotatable bonds is 4. The Balaban J connectivity index is 1.84. The minimum atomic E-state index is 0.254. The first-order valence-corrected chi connectivity index (χ1v) is 7.98. The number of hydrogen-bond acceptors (Lipinski definition) is 3. The first-order valence-electron chi connectivity index (χ1n) is 7.98. The first-order chi connectivity index (χ1) is 10.2. The summed E-state index contributed by atoms with van der Waals surface area (Å²) in [5.41, 5.74) is 2.31. The van der Waals surface area contributed by atoms with Gasteiger partial charge in [-0.1, -0.05) is 19.1 Å². The predicted octanol–water partition coefficient (Wildman–Crippen LogP) is 2.71. The van der Waals surface area contributed by atoms with Crippen LogP contribution in [-0.2, 0) is 17.7 Å². The summed E-state index contributed by atoms with van der Waals surface area (Å²) in [5.74, 6) is 1.15. The van der Waals surface area contributed by atoms with Gasteiger partial charge in [-0.2, -0.15) is 0 Å². The number of hydrogen-bond donors (Lipinski definition) is 0. The lowest BCUT2D eigenvalue weighted by atomic mass is 10.2. The largest absolute Gasteiger partial charge is 0.374 e. The molecule has 114 valence electrons. The molecule has 1 aromatic heterocycles. The number of fused-ring (bicyclic) bond motifs is 1. The van der Waals surface area contributed by atoms with Crippen LogP contribution in [0.5, 0.6) is 0 Å². The molecule has 1 saturated heterocycles. The number of aryl methyl sites for hydroxylation is 1. The minimum Gasteiger partial charge on any atom is -0.374 e. The lowest BCUT2D eigenvalue weighted by Gasteiger charge is -2.35. The van der Waals surface area contributed by atoms with Crippen molar-refractivity contribution in [2.24, 2.45) is 0 Å². The lowest BCUT2D eigenvalue weighted by molar-refractivity contribution is -0.0454. The van der Waals surface area contributed by atoms with Gasteiger partial charge < -0.3 is 9.30 Å². The lowest BCUT2D eigenvalue weighted by Crippen LogP contribution is -2.47. The van der Waals surface area contributed by atoms with E-state index in [1.165, 1.54) is 5.52 Å². The van der Waals surface area contributed by atoms with E-state index in [0.717, 1.165) is 44.0 Å². The Labute approximate surface area is 126 Å². The van der Waals surface area contributed by atoms with Gasteiger partial charge in [0, 0.05) is 25.6 Å². The van der Waals surface area contributed by atoms with Crippen molar-refractivity contribution in [2.45, 2.75) is 45.9 Å². The van der Waals surface area contributed by atoms with Crippen molar-refractivity contribution >= 4 is 11.0 Å². The van der Waals surface area contributed by atoms with E-state index in [1.807, 2.05) is 0 Å². The molecule has 0 N–H and O–H groups in total. The molecule has 0 amide bonds. The third-order valence-corrected chi connectivity index (χ3v) is 4.34. The van der Waals surface area contributed by atoms with Crippen molar-refractivity contribution in [2.75, 3.05) is 19.7 Å². The molecular weight excluding hydrogens is 262 g/mol. The zero-order chi connectivity index (χ0) is 14.8. The van der Waals surface area contributed by atoms with Crippen molar-refractivity contribution in [3.63, 3.8) is 0 Å². The van der Waals surface area contributed by atoms with Crippen LogP contribution in [0, 0.1) is 0 Å². The maximum absolute atomic E-state index is 5.99. The fraction of sp³-hybridized carbons (Fsp3) is 0.588. The maximum Gasteiger partial charge on any atom is 0.109 e. The smallest absolute Gasteiger partial charge is 0.109 e. The molecule has 0 aliphatic carbocycles. The Morgan fingerprint density at radius 3 is 2.90 bits per heavy atom. The fourth-order valence-corrected chi connectivity index (χ4v) is 3.12. The molecule has 4 nitrogen and oxygen atoms in total.